The van der Waals surface area contributed by atoms with E-state index in [1.165, 1.54) is 12.1 Å². The SMILES string of the molecule is C/C=C\c1cc(F)cc(N2CCN(CC(=O)O)CC2)c1. The minimum atomic E-state index is -0.806. The molecule has 1 aromatic carbocycles. The summed E-state index contributed by atoms with van der Waals surface area (Å²) < 4.78 is 13.6. The average Bonchev–Trinajstić information content (AvgIpc) is 2.38. The molecule has 108 valence electrons. The fraction of sp³-hybridized carbons (Fsp3) is 0.400. The van der Waals surface area contributed by atoms with Gasteiger partial charge in [-0.15, -0.1) is 0 Å². The number of halogens is 1. The molecule has 0 saturated carbocycles. The van der Waals surface area contributed by atoms with E-state index in [1.54, 1.807) is 0 Å². The molecule has 1 fully saturated rings. The summed E-state index contributed by atoms with van der Waals surface area (Å²) in [5.41, 5.74) is 1.70. The highest BCUT2D eigenvalue weighted by molar-refractivity contribution is 5.69. The van der Waals surface area contributed by atoms with Crippen LogP contribution in [0.2, 0.25) is 0 Å². The maximum absolute atomic E-state index is 13.6. The first-order valence-corrected chi connectivity index (χ1v) is 6.71. The van der Waals surface area contributed by atoms with E-state index >= 15 is 0 Å². The monoisotopic (exact) mass is 278 g/mol. The third kappa shape index (κ3) is 3.81. The number of allylic oxidation sites excluding steroid dienone is 1. The Morgan fingerprint density at radius 2 is 2.00 bits per heavy atom. The van der Waals surface area contributed by atoms with Crippen molar-refractivity contribution in [2.45, 2.75) is 6.92 Å². The summed E-state index contributed by atoms with van der Waals surface area (Å²) in [6.07, 6.45) is 3.75. The minimum absolute atomic E-state index is 0.0703. The van der Waals surface area contributed by atoms with Crippen molar-refractivity contribution < 1.29 is 14.3 Å². The quantitative estimate of drug-likeness (QED) is 0.915. The van der Waals surface area contributed by atoms with Gasteiger partial charge in [-0.3, -0.25) is 9.69 Å². The lowest BCUT2D eigenvalue weighted by atomic mass is 10.1. The zero-order valence-corrected chi connectivity index (χ0v) is 11.6. The molecule has 0 spiro atoms. The third-order valence-corrected chi connectivity index (χ3v) is 3.36. The van der Waals surface area contributed by atoms with Gasteiger partial charge in [0.05, 0.1) is 6.54 Å². The zero-order valence-electron chi connectivity index (χ0n) is 11.6. The van der Waals surface area contributed by atoms with Crippen LogP contribution < -0.4 is 4.90 Å². The molecule has 1 N–H and O–H groups in total. The van der Waals surface area contributed by atoms with Crippen LogP contribution in [0.5, 0.6) is 0 Å². The lowest BCUT2D eigenvalue weighted by Crippen LogP contribution is -2.48. The first-order chi connectivity index (χ1) is 9.58. The van der Waals surface area contributed by atoms with Gasteiger partial charge in [0, 0.05) is 31.9 Å². The number of hydrogen-bond acceptors (Lipinski definition) is 3. The van der Waals surface area contributed by atoms with Crippen LogP contribution in [0.25, 0.3) is 6.08 Å². The molecule has 0 unspecified atom stereocenters. The number of nitrogens with zero attached hydrogens (tertiary/aromatic N) is 2. The van der Waals surface area contributed by atoms with Gasteiger partial charge in [-0.25, -0.2) is 4.39 Å². The predicted octanol–water partition coefficient (Wildman–Crippen LogP) is 2.07. The van der Waals surface area contributed by atoms with Crippen molar-refractivity contribution in [1.29, 1.82) is 0 Å². The van der Waals surface area contributed by atoms with E-state index in [0.29, 0.717) is 26.2 Å². The number of piperazine rings is 1. The van der Waals surface area contributed by atoms with E-state index in [4.69, 9.17) is 5.11 Å². The number of carboxylic acids is 1. The molecule has 0 atom stereocenters. The highest BCUT2D eigenvalue weighted by Gasteiger charge is 2.19. The zero-order chi connectivity index (χ0) is 14.5. The van der Waals surface area contributed by atoms with Crippen LogP contribution in [-0.2, 0) is 4.79 Å². The van der Waals surface area contributed by atoms with Crippen molar-refractivity contribution in [1.82, 2.24) is 4.90 Å². The van der Waals surface area contributed by atoms with Crippen molar-refractivity contribution in [3.63, 3.8) is 0 Å². The Bertz CT molecular complexity index is 509. The van der Waals surface area contributed by atoms with Crippen LogP contribution >= 0.6 is 0 Å². The topological polar surface area (TPSA) is 43.8 Å². The Balaban J connectivity index is 2.04. The highest BCUT2D eigenvalue weighted by Crippen LogP contribution is 2.21. The van der Waals surface area contributed by atoms with Gasteiger partial charge in [-0.1, -0.05) is 12.2 Å². The first kappa shape index (κ1) is 14.5. The average molecular weight is 278 g/mol. The summed E-state index contributed by atoms with van der Waals surface area (Å²) in [5.74, 6) is -1.05. The largest absolute Gasteiger partial charge is 0.480 e. The number of anilines is 1. The predicted molar refractivity (Wildman–Crippen MR) is 77.4 cm³/mol. The normalized spacial score (nSPS) is 16.8. The second-order valence-corrected chi connectivity index (χ2v) is 4.90. The second kappa shape index (κ2) is 6.52. The van der Waals surface area contributed by atoms with E-state index in [2.05, 4.69) is 4.90 Å². The summed E-state index contributed by atoms with van der Waals surface area (Å²) in [4.78, 5) is 14.7. The van der Waals surface area contributed by atoms with Gasteiger partial charge in [-0.2, -0.15) is 0 Å². The van der Waals surface area contributed by atoms with E-state index in [9.17, 15) is 9.18 Å². The van der Waals surface area contributed by atoms with Gasteiger partial charge < -0.3 is 10.0 Å². The molecule has 1 saturated heterocycles. The molecule has 1 aromatic rings. The van der Waals surface area contributed by atoms with Gasteiger partial charge in [0.2, 0.25) is 0 Å². The van der Waals surface area contributed by atoms with Crippen LogP contribution in [0, 0.1) is 5.82 Å². The Morgan fingerprint density at radius 3 is 2.60 bits per heavy atom. The van der Waals surface area contributed by atoms with Crippen molar-refractivity contribution in [2.75, 3.05) is 37.6 Å². The van der Waals surface area contributed by atoms with Gasteiger partial charge >= 0.3 is 5.97 Å². The highest BCUT2D eigenvalue weighted by atomic mass is 19.1. The van der Waals surface area contributed by atoms with Crippen LogP contribution in [0.4, 0.5) is 10.1 Å². The lowest BCUT2D eigenvalue weighted by Gasteiger charge is -2.35. The molecule has 4 nitrogen and oxygen atoms in total. The summed E-state index contributed by atoms with van der Waals surface area (Å²) in [7, 11) is 0. The molecule has 1 heterocycles. The second-order valence-electron chi connectivity index (χ2n) is 4.90. The van der Waals surface area contributed by atoms with E-state index in [0.717, 1.165) is 11.3 Å². The standard InChI is InChI=1S/C15H19FN2O2/c1-2-3-12-8-13(16)10-14(9-12)18-6-4-17(5-7-18)11-15(19)20/h2-3,8-10H,4-7,11H2,1H3,(H,19,20)/b3-2-. The van der Waals surface area contributed by atoms with E-state index in [1.807, 2.05) is 30.0 Å². The molecule has 0 aliphatic carbocycles. The van der Waals surface area contributed by atoms with Gasteiger partial charge in [0.1, 0.15) is 5.82 Å². The fourth-order valence-corrected chi connectivity index (χ4v) is 2.42. The van der Waals surface area contributed by atoms with Crippen LogP contribution in [0.15, 0.2) is 24.3 Å². The Kier molecular flexibility index (Phi) is 4.74. The van der Waals surface area contributed by atoms with Crippen LogP contribution in [0.3, 0.4) is 0 Å². The van der Waals surface area contributed by atoms with Crippen molar-refractivity contribution >= 4 is 17.7 Å². The molecular weight excluding hydrogens is 259 g/mol. The summed E-state index contributed by atoms with van der Waals surface area (Å²) in [5, 5.41) is 8.77. The van der Waals surface area contributed by atoms with Gasteiger partial charge in [-0.05, 0) is 30.7 Å². The van der Waals surface area contributed by atoms with Crippen molar-refractivity contribution in [2.24, 2.45) is 0 Å². The molecule has 2 rings (SSSR count). The molecular formula is C15H19FN2O2. The molecule has 0 amide bonds. The maximum Gasteiger partial charge on any atom is 0.317 e. The lowest BCUT2D eigenvalue weighted by molar-refractivity contribution is -0.138. The number of benzene rings is 1. The fourth-order valence-electron chi connectivity index (χ4n) is 2.42. The van der Waals surface area contributed by atoms with E-state index < -0.39 is 5.97 Å². The Morgan fingerprint density at radius 1 is 1.30 bits per heavy atom. The Hall–Kier alpha value is -1.88. The molecule has 0 bridgehead atoms. The minimum Gasteiger partial charge on any atom is -0.480 e. The summed E-state index contributed by atoms with van der Waals surface area (Å²) in [6.45, 7) is 4.76. The van der Waals surface area contributed by atoms with Crippen LogP contribution in [0.1, 0.15) is 12.5 Å². The molecule has 1 aliphatic rings. The van der Waals surface area contributed by atoms with Crippen molar-refractivity contribution in [3.05, 3.63) is 35.7 Å². The van der Waals surface area contributed by atoms with Gasteiger partial charge in [0.15, 0.2) is 0 Å². The molecule has 20 heavy (non-hydrogen) atoms. The third-order valence-electron chi connectivity index (χ3n) is 3.36. The van der Waals surface area contributed by atoms with Crippen LogP contribution in [-0.4, -0.2) is 48.7 Å². The number of carboxylic acid groups (broad SMARTS) is 1. The maximum atomic E-state index is 13.6. The summed E-state index contributed by atoms with van der Waals surface area (Å²) in [6, 6.07) is 4.99. The molecule has 0 aromatic heterocycles. The van der Waals surface area contributed by atoms with Gasteiger partial charge in [0.25, 0.3) is 0 Å². The number of hydrogen-bond donors (Lipinski definition) is 1. The van der Waals surface area contributed by atoms with E-state index in [-0.39, 0.29) is 12.4 Å². The number of carbonyl (C=O) groups is 1. The number of rotatable bonds is 4. The summed E-state index contributed by atoms with van der Waals surface area (Å²) >= 11 is 0. The molecule has 0 radical (unpaired) electrons. The molecule has 1 aliphatic heterocycles. The smallest absolute Gasteiger partial charge is 0.317 e. The molecule has 5 heteroatoms. The van der Waals surface area contributed by atoms with Crippen molar-refractivity contribution in [3.8, 4) is 0 Å². The Labute approximate surface area is 118 Å². The number of aliphatic carboxylic acids is 1. The first-order valence-electron chi connectivity index (χ1n) is 6.71.